The van der Waals surface area contributed by atoms with Gasteiger partial charge in [-0.25, -0.2) is 9.97 Å². The second-order valence-electron chi connectivity index (χ2n) is 3.82. The van der Waals surface area contributed by atoms with Crippen LogP contribution in [-0.4, -0.2) is 24.1 Å². The van der Waals surface area contributed by atoms with Gasteiger partial charge in [-0.2, -0.15) is 0 Å². The minimum Gasteiger partial charge on any atom is -0.496 e. The SMILES string of the molecule is CNc1nccc(-c2cc(Cl)cc(C)c2OC)n1. The number of ether oxygens (including phenoxy) is 1. The summed E-state index contributed by atoms with van der Waals surface area (Å²) in [5.74, 6) is 1.34. The summed E-state index contributed by atoms with van der Waals surface area (Å²) in [6.45, 7) is 1.95. The molecule has 0 aliphatic rings. The summed E-state index contributed by atoms with van der Waals surface area (Å²) in [6, 6.07) is 5.54. The number of nitrogens with zero attached hydrogens (tertiary/aromatic N) is 2. The van der Waals surface area contributed by atoms with Crippen LogP contribution in [0.15, 0.2) is 24.4 Å². The van der Waals surface area contributed by atoms with Crippen LogP contribution in [0.4, 0.5) is 5.95 Å². The van der Waals surface area contributed by atoms with Crippen molar-refractivity contribution in [2.75, 3.05) is 19.5 Å². The van der Waals surface area contributed by atoms with Crippen molar-refractivity contribution < 1.29 is 4.74 Å². The molecule has 0 fully saturated rings. The van der Waals surface area contributed by atoms with E-state index in [9.17, 15) is 0 Å². The van der Waals surface area contributed by atoms with Crippen LogP contribution in [0.25, 0.3) is 11.3 Å². The highest BCUT2D eigenvalue weighted by Gasteiger charge is 2.12. The average Bonchev–Trinajstić information content (AvgIpc) is 2.38. The number of anilines is 1. The number of aryl methyl sites for hydroxylation is 1. The van der Waals surface area contributed by atoms with Gasteiger partial charge in [0, 0.05) is 23.8 Å². The molecule has 0 unspecified atom stereocenters. The van der Waals surface area contributed by atoms with E-state index in [2.05, 4.69) is 15.3 Å². The van der Waals surface area contributed by atoms with Gasteiger partial charge >= 0.3 is 0 Å². The molecule has 0 aliphatic heterocycles. The van der Waals surface area contributed by atoms with Crippen LogP contribution in [0, 0.1) is 6.92 Å². The number of methoxy groups -OCH3 is 1. The molecule has 18 heavy (non-hydrogen) atoms. The number of rotatable bonds is 3. The molecule has 1 aromatic heterocycles. The molecule has 2 aromatic rings. The van der Waals surface area contributed by atoms with Crippen molar-refractivity contribution in [3.63, 3.8) is 0 Å². The minimum absolute atomic E-state index is 0.562. The van der Waals surface area contributed by atoms with Gasteiger partial charge < -0.3 is 10.1 Å². The molecule has 2 rings (SSSR count). The highest BCUT2D eigenvalue weighted by molar-refractivity contribution is 6.31. The molecule has 0 amide bonds. The fourth-order valence-electron chi connectivity index (χ4n) is 1.82. The maximum absolute atomic E-state index is 6.09. The van der Waals surface area contributed by atoms with Gasteiger partial charge in [-0.3, -0.25) is 0 Å². The third-order valence-corrected chi connectivity index (χ3v) is 2.82. The van der Waals surface area contributed by atoms with Gasteiger partial charge in [0.25, 0.3) is 0 Å². The molecule has 0 saturated carbocycles. The zero-order valence-electron chi connectivity index (χ0n) is 10.5. The maximum Gasteiger partial charge on any atom is 0.222 e. The van der Waals surface area contributed by atoms with E-state index < -0.39 is 0 Å². The number of halogens is 1. The molecule has 0 saturated heterocycles. The van der Waals surface area contributed by atoms with E-state index in [1.165, 1.54) is 0 Å². The van der Waals surface area contributed by atoms with Gasteiger partial charge in [-0.1, -0.05) is 11.6 Å². The summed E-state index contributed by atoms with van der Waals surface area (Å²) in [6.07, 6.45) is 1.70. The summed E-state index contributed by atoms with van der Waals surface area (Å²) in [4.78, 5) is 8.48. The predicted octanol–water partition coefficient (Wildman–Crippen LogP) is 3.16. The van der Waals surface area contributed by atoms with E-state index in [-0.39, 0.29) is 0 Å². The van der Waals surface area contributed by atoms with Crippen LogP contribution >= 0.6 is 11.6 Å². The number of hydrogen-bond acceptors (Lipinski definition) is 4. The lowest BCUT2D eigenvalue weighted by Gasteiger charge is -2.12. The van der Waals surface area contributed by atoms with Gasteiger partial charge in [0.2, 0.25) is 5.95 Å². The van der Waals surface area contributed by atoms with Gasteiger partial charge in [0.05, 0.1) is 12.8 Å². The second-order valence-corrected chi connectivity index (χ2v) is 4.26. The Morgan fingerprint density at radius 3 is 2.78 bits per heavy atom. The van der Waals surface area contributed by atoms with Crippen molar-refractivity contribution in [1.82, 2.24) is 9.97 Å². The van der Waals surface area contributed by atoms with Crippen molar-refractivity contribution in [2.24, 2.45) is 0 Å². The molecule has 1 heterocycles. The topological polar surface area (TPSA) is 47.0 Å². The van der Waals surface area contributed by atoms with Gasteiger partial charge in [-0.15, -0.1) is 0 Å². The molecule has 0 spiro atoms. The number of hydrogen-bond donors (Lipinski definition) is 1. The van der Waals surface area contributed by atoms with Crippen molar-refractivity contribution in [3.05, 3.63) is 35.0 Å². The van der Waals surface area contributed by atoms with Crippen LogP contribution in [0.3, 0.4) is 0 Å². The largest absolute Gasteiger partial charge is 0.496 e. The minimum atomic E-state index is 0.562. The van der Waals surface area contributed by atoms with Crippen LogP contribution in [0.2, 0.25) is 5.02 Å². The quantitative estimate of drug-likeness (QED) is 0.924. The molecule has 0 aliphatic carbocycles. The van der Waals surface area contributed by atoms with E-state index in [1.54, 1.807) is 20.4 Å². The lowest BCUT2D eigenvalue weighted by molar-refractivity contribution is 0.413. The third-order valence-electron chi connectivity index (χ3n) is 2.60. The van der Waals surface area contributed by atoms with Crippen LogP contribution in [0.1, 0.15) is 5.56 Å². The van der Waals surface area contributed by atoms with Gasteiger partial charge in [0.15, 0.2) is 0 Å². The smallest absolute Gasteiger partial charge is 0.222 e. The first-order valence-corrected chi connectivity index (χ1v) is 5.89. The number of nitrogens with one attached hydrogen (secondary N) is 1. The summed E-state index contributed by atoms with van der Waals surface area (Å²) < 4.78 is 5.42. The number of aromatic nitrogens is 2. The van der Waals surface area contributed by atoms with Crippen LogP contribution in [0.5, 0.6) is 5.75 Å². The molecular formula is C13H14ClN3O. The molecule has 4 nitrogen and oxygen atoms in total. The molecule has 1 N–H and O–H groups in total. The first kappa shape index (κ1) is 12.6. The zero-order chi connectivity index (χ0) is 13.1. The third kappa shape index (κ3) is 2.38. The summed E-state index contributed by atoms with van der Waals surface area (Å²) in [5, 5.41) is 3.57. The Kier molecular flexibility index (Phi) is 3.67. The van der Waals surface area contributed by atoms with E-state index in [1.807, 2.05) is 25.1 Å². The van der Waals surface area contributed by atoms with Crippen molar-refractivity contribution in [1.29, 1.82) is 0 Å². The second kappa shape index (κ2) is 5.23. The first-order valence-electron chi connectivity index (χ1n) is 5.51. The molecular weight excluding hydrogens is 250 g/mol. The molecule has 0 radical (unpaired) electrons. The van der Waals surface area contributed by atoms with E-state index >= 15 is 0 Å². The molecule has 0 bridgehead atoms. The fourth-order valence-corrected chi connectivity index (χ4v) is 2.09. The average molecular weight is 264 g/mol. The number of benzene rings is 1. The van der Waals surface area contributed by atoms with Crippen LogP contribution < -0.4 is 10.1 Å². The summed E-state index contributed by atoms with van der Waals surface area (Å²) >= 11 is 6.09. The summed E-state index contributed by atoms with van der Waals surface area (Å²) in [5.41, 5.74) is 2.61. The summed E-state index contributed by atoms with van der Waals surface area (Å²) in [7, 11) is 3.42. The Hall–Kier alpha value is -1.81. The Bertz CT molecular complexity index is 572. The molecule has 0 atom stereocenters. The van der Waals surface area contributed by atoms with Gasteiger partial charge in [0.1, 0.15) is 5.75 Å². The molecule has 5 heteroatoms. The Morgan fingerprint density at radius 1 is 1.33 bits per heavy atom. The Morgan fingerprint density at radius 2 is 2.11 bits per heavy atom. The van der Waals surface area contributed by atoms with Gasteiger partial charge in [-0.05, 0) is 30.7 Å². The maximum atomic E-state index is 6.09. The van der Waals surface area contributed by atoms with E-state index in [0.29, 0.717) is 11.0 Å². The van der Waals surface area contributed by atoms with Crippen molar-refractivity contribution in [2.45, 2.75) is 6.92 Å². The normalized spacial score (nSPS) is 10.2. The van der Waals surface area contributed by atoms with Crippen molar-refractivity contribution >= 4 is 17.5 Å². The molecule has 94 valence electrons. The monoisotopic (exact) mass is 263 g/mol. The lowest BCUT2D eigenvalue weighted by atomic mass is 10.1. The van der Waals surface area contributed by atoms with Crippen LogP contribution in [-0.2, 0) is 0 Å². The van der Waals surface area contributed by atoms with E-state index in [4.69, 9.17) is 16.3 Å². The Labute approximate surface area is 111 Å². The predicted molar refractivity (Wildman–Crippen MR) is 73.3 cm³/mol. The standard InChI is InChI=1S/C13H14ClN3O/c1-8-6-9(14)7-10(12(8)18-3)11-4-5-16-13(15-2)17-11/h4-7H,1-3H3,(H,15,16,17). The van der Waals surface area contributed by atoms with E-state index in [0.717, 1.165) is 22.6 Å². The first-order chi connectivity index (χ1) is 8.65. The highest BCUT2D eigenvalue weighted by Crippen LogP contribution is 2.34. The van der Waals surface area contributed by atoms with Crippen molar-refractivity contribution in [3.8, 4) is 17.0 Å². The molecule has 1 aromatic carbocycles. The zero-order valence-corrected chi connectivity index (χ0v) is 11.2. The fraction of sp³-hybridized carbons (Fsp3) is 0.231. The highest BCUT2D eigenvalue weighted by atomic mass is 35.5. The Balaban J connectivity index is 2.61. The lowest BCUT2D eigenvalue weighted by Crippen LogP contribution is -1.98.